The Kier molecular flexibility index (Phi) is 4.54. The average Bonchev–Trinajstić information content (AvgIpc) is 2.56. The third kappa shape index (κ3) is 3.20. The van der Waals surface area contributed by atoms with Crippen molar-refractivity contribution in [3.63, 3.8) is 0 Å². The van der Waals surface area contributed by atoms with E-state index in [1.165, 1.54) is 11.3 Å². The summed E-state index contributed by atoms with van der Waals surface area (Å²) in [6.45, 7) is 9.32. The molecule has 0 bridgehead atoms. The molecule has 1 aliphatic heterocycles. The third-order valence-electron chi connectivity index (χ3n) is 3.94. The summed E-state index contributed by atoms with van der Waals surface area (Å²) in [7, 11) is 0. The van der Waals surface area contributed by atoms with Crippen molar-refractivity contribution < 1.29 is 4.74 Å². The Morgan fingerprint density at radius 1 is 1.23 bits per heavy atom. The van der Waals surface area contributed by atoms with Crippen LogP contribution >= 0.6 is 0 Å². The standard InChI is InChI=1S/C19H22N2O/c1-15(2)20-18-9-5-3-7-16(18)17-8-4-6-10-19(17)21-11-13-22-14-12-21/h3-10,16H,1,11-14H2,2H3. The molecule has 0 spiro atoms. The lowest BCUT2D eigenvalue weighted by Gasteiger charge is -2.32. The second-order valence-corrected chi connectivity index (χ2v) is 5.65. The number of ether oxygens (including phenoxy) is 1. The number of para-hydroxylation sites is 1. The Hall–Kier alpha value is -2.13. The van der Waals surface area contributed by atoms with Crippen molar-refractivity contribution in [2.45, 2.75) is 12.8 Å². The highest BCUT2D eigenvalue weighted by Gasteiger charge is 2.22. The van der Waals surface area contributed by atoms with Gasteiger partial charge in [0.1, 0.15) is 0 Å². The van der Waals surface area contributed by atoms with Crippen LogP contribution in [0.3, 0.4) is 0 Å². The van der Waals surface area contributed by atoms with Gasteiger partial charge in [-0.15, -0.1) is 0 Å². The van der Waals surface area contributed by atoms with Crippen molar-refractivity contribution in [3.8, 4) is 0 Å². The molecule has 1 fully saturated rings. The minimum Gasteiger partial charge on any atom is -0.378 e. The lowest BCUT2D eigenvalue weighted by Crippen LogP contribution is -2.37. The summed E-state index contributed by atoms with van der Waals surface area (Å²) in [5.41, 5.74) is 4.47. The zero-order valence-corrected chi connectivity index (χ0v) is 13.0. The van der Waals surface area contributed by atoms with Crippen LogP contribution in [-0.2, 0) is 4.74 Å². The highest BCUT2D eigenvalue weighted by Crippen LogP contribution is 2.32. The van der Waals surface area contributed by atoms with Gasteiger partial charge in [-0.2, -0.15) is 0 Å². The van der Waals surface area contributed by atoms with Gasteiger partial charge in [0.25, 0.3) is 0 Å². The Labute approximate surface area is 132 Å². The maximum Gasteiger partial charge on any atom is 0.0642 e. The summed E-state index contributed by atoms with van der Waals surface area (Å²) in [6.07, 6.45) is 8.42. The highest BCUT2D eigenvalue weighted by molar-refractivity contribution is 6.04. The van der Waals surface area contributed by atoms with Gasteiger partial charge >= 0.3 is 0 Å². The van der Waals surface area contributed by atoms with Gasteiger partial charge in [0.15, 0.2) is 0 Å². The third-order valence-corrected chi connectivity index (χ3v) is 3.94. The fourth-order valence-electron chi connectivity index (χ4n) is 2.96. The Balaban J connectivity index is 1.98. The van der Waals surface area contributed by atoms with E-state index in [2.05, 4.69) is 59.0 Å². The molecule has 1 aromatic rings. The SMILES string of the molecule is C=C(C)N=C1C=CC=CC1c1ccccc1N1CCOCC1. The minimum atomic E-state index is 0.181. The molecule has 1 aliphatic carbocycles. The van der Waals surface area contributed by atoms with E-state index in [9.17, 15) is 0 Å². The second kappa shape index (κ2) is 6.75. The Bertz CT molecular complexity index is 637. The first-order valence-electron chi connectivity index (χ1n) is 7.76. The van der Waals surface area contributed by atoms with E-state index in [-0.39, 0.29) is 5.92 Å². The zero-order valence-electron chi connectivity index (χ0n) is 13.0. The van der Waals surface area contributed by atoms with Crippen LogP contribution in [0.4, 0.5) is 5.69 Å². The van der Waals surface area contributed by atoms with Crippen molar-refractivity contribution in [2.24, 2.45) is 4.99 Å². The molecule has 1 unspecified atom stereocenters. The number of rotatable bonds is 3. The molecule has 0 amide bonds. The normalized spacial score (nSPS) is 23.0. The number of benzene rings is 1. The van der Waals surface area contributed by atoms with Crippen LogP contribution in [0.1, 0.15) is 18.4 Å². The van der Waals surface area contributed by atoms with E-state index >= 15 is 0 Å². The van der Waals surface area contributed by atoms with Gasteiger partial charge in [-0.05, 0) is 24.6 Å². The van der Waals surface area contributed by atoms with Gasteiger partial charge in [0.05, 0.1) is 18.9 Å². The fraction of sp³-hybridized carbons (Fsp3) is 0.316. The monoisotopic (exact) mass is 294 g/mol. The van der Waals surface area contributed by atoms with Crippen LogP contribution in [0.15, 0.2) is 65.8 Å². The van der Waals surface area contributed by atoms with Gasteiger partial charge in [-0.1, -0.05) is 43.0 Å². The van der Waals surface area contributed by atoms with Crippen LogP contribution in [0.2, 0.25) is 0 Å². The van der Waals surface area contributed by atoms with Gasteiger partial charge in [-0.25, -0.2) is 0 Å². The van der Waals surface area contributed by atoms with Crippen LogP contribution in [0.25, 0.3) is 0 Å². The number of nitrogens with zero attached hydrogens (tertiary/aromatic N) is 2. The molecule has 0 saturated carbocycles. The molecule has 1 saturated heterocycles. The van der Waals surface area contributed by atoms with Gasteiger partial charge in [-0.3, -0.25) is 4.99 Å². The molecule has 3 rings (SSSR count). The van der Waals surface area contributed by atoms with Crippen molar-refractivity contribution in [1.82, 2.24) is 0 Å². The molecule has 3 nitrogen and oxygen atoms in total. The van der Waals surface area contributed by atoms with Crippen molar-refractivity contribution in [3.05, 3.63) is 66.4 Å². The number of morpholine rings is 1. The summed E-state index contributed by atoms with van der Waals surface area (Å²) in [4.78, 5) is 7.03. The van der Waals surface area contributed by atoms with E-state index in [4.69, 9.17) is 4.74 Å². The van der Waals surface area contributed by atoms with E-state index < -0.39 is 0 Å². The minimum absolute atomic E-state index is 0.181. The maximum atomic E-state index is 5.48. The summed E-state index contributed by atoms with van der Waals surface area (Å²) >= 11 is 0. The number of hydrogen-bond acceptors (Lipinski definition) is 3. The quantitative estimate of drug-likeness (QED) is 0.849. The predicted octanol–water partition coefficient (Wildman–Crippen LogP) is 3.71. The van der Waals surface area contributed by atoms with Crippen LogP contribution in [0.5, 0.6) is 0 Å². The number of anilines is 1. The van der Waals surface area contributed by atoms with Gasteiger partial charge < -0.3 is 9.64 Å². The van der Waals surface area contributed by atoms with Crippen molar-refractivity contribution in [2.75, 3.05) is 31.2 Å². The predicted molar refractivity (Wildman–Crippen MR) is 92.7 cm³/mol. The van der Waals surface area contributed by atoms with Crippen LogP contribution in [0, 0.1) is 0 Å². The molecule has 0 radical (unpaired) electrons. The van der Waals surface area contributed by atoms with Crippen LogP contribution in [-0.4, -0.2) is 32.0 Å². The molecular weight excluding hydrogens is 272 g/mol. The molecule has 114 valence electrons. The van der Waals surface area contributed by atoms with E-state index in [0.717, 1.165) is 37.7 Å². The first kappa shape index (κ1) is 14.8. The topological polar surface area (TPSA) is 24.8 Å². The maximum absolute atomic E-state index is 5.48. The molecule has 22 heavy (non-hydrogen) atoms. The lowest BCUT2D eigenvalue weighted by atomic mass is 9.89. The summed E-state index contributed by atoms with van der Waals surface area (Å²) in [6, 6.07) is 8.61. The van der Waals surface area contributed by atoms with E-state index in [0.29, 0.717) is 0 Å². The molecule has 1 aromatic carbocycles. The first-order valence-corrected chi connectivity index (χ1v) is 7.76. The summed E-state index contributed by atoms with van der Waals surface area (Å²) in [5, 5.41) is 0. The van der Waals surface area contributed by atoms with Crippen molar-refractivity contribution in [1.29, 1.82) is 0 Å². The smallest absolute Gasteiger partial charge is 0.0642 e. The Morgan fingerprint density at radius 2 is 2.00 bits per heavy atom. The number of aliphatic imine (C=N–C) groups is 1. The summed E-state index contributed by atoms with van der Waals surface area (Å²) < 4.78 is 5.48. The largest absolute Gasteiger partial charge is 0.378 e. The number of hydrogen-bond donors (Lipinski definition) is 0. The van der Waals surface area contributed by atoms with Crippen LogP contribution < -0.4 is 4.90 Å². The molecule has 0 N–H and O–H groups in total. The molecule has 1 atom stereocenters. The van der Waals surface area contributed by atoms with Gasteiger partial charge in [0.2, 0.25) is 0 Å². The second-order valence-electron chi connectivity index (χ2n) is 5.65. The zero-order chi connectivity index (χ0) is 15.4. The average molecular weight is 294 g/mol. The van der Waals surface area contributed by atoms with Crippen molar-refractivity contribution >= 4 is 11.4 Å². The highest BCUT2D eigenvalue weighted by atomic mass is 16.5. The first-order chi connectivity index (χ1) is 10.8. The van der Waals surface area contributed by atoms with Gasteiger partial charge in [0, 0.05) is 30.4 Å². The molecule has 0 aromatic heterocycles. The van der Waals surface area contributed by atoms with E-state index in [1.807, 2.05) is 13.0 Å². The molecule has 3 heteroatoms. The lowest BCUT2D eigenvalue weighted by molar-refractivity contribution is 0.122. The summed E-state index contributed by atoms with van der Waals surface area (Å²) in [5.74, 6) is 0.181. The Morgan fingerprint density at radius 3 is 2.77 bits per heavy atom. The number of allylic oxidation sites excluding steroid dienone is 5. The molecular formula is C19H22N2O. The van der Waals surface area contributed by atoms with E-state index in [1.54, 1.807) is 0 Å². The molecule has 2 aliphatic rings. The fourth-order valence-corrected chi connectivity index (χ4v) is 2.96. The molecule has 1 heterocycles.